The van der Waals surface area contributed by atoms with E-state index in [0.29, 0.717) is 24.4 Å². The van der Waals surface area contributed by atoms with Crippen LogP contribution in [0.5, 0.6) is 11.8 Å². The normalized spacial score (nSPS) is 16.5. The van der Waals surface area contributed by atoms with Crippen LogP contribution < -0.4 is 20.1 Å². The second-order valence-corrected chi connectivity index (χ2v) is 8.18. The summed E-state index contributed by atoms with van der Waals surface area (Å²) < 4.78 is 13.8. The zero-order valence-electron chi connectivity index (χ0n) is 18.1. The van der Waals surface area contributed by atoms with Crippen LogP contribution in [0, 0.1) is 0 Å². The molecule has 1 aliphatic heterocycles. The van der Waals surface area contributed by atoms with E-state index in [1.165, 1.54) is 0 Å². The molecule has 2 aromatic heterocycles. The van der Waals surface area contributed by atoms with Gasteiger partial charge >= 0.3 is 6.01 Å². The number of aromatic nitrogens is 4. The molecule has 1 aliphatic rings. The number of nitrogens with zero attached hydrogens (tertiary/aromatic N) is 4. The van der Waals surface area contributed by atoms with Crippen LogP contribution in [-0.4, -0.2) is 44.9 Å². The van der Waals surface area contributed by atoms with Crippen molar-refractivity contribution in [1.29, 1.82) is 0 Å². The summed E-state index contributed by atoms with van der Waals surface area (Å²) in [5, 5.41) is 11.2. The molecule has 2 N–H and O–H groups in total. The highest BCUT2D eigenvalue weighted by Gasteiger charge is 2.21. The predicted octanol–water partition coefficient (Wildman–Crippen LogP) is 3.39. The Morgan fingerprint density at radius 2 is 2.03 bits per heavy atom. The highest BCUT2D eigenvalue weighted by atomic mass is 16.5. The second-order valence-electron chi connectivity index (χ2n) is 8.18. The van der Waals surface area contributed by atoms with E-state index < -0.39 is 0 Å². The smallest absolute Gasteiger partial charge is 0.322 e. The number of anilines is 1. The molecule has 8 nitrogen and oxygen atoms in total. The van der Waals surface area contributed by atoms with Crippen molar-refractivity contribution in [2.45, 2.75) is 58.8 Å². The minimum absolute atomic E-state index is 0.0888. The molecule has 0 amide bonds. The van der Waals surface area contributed by atoms with Crippen LogP contribution in [0.25, 0.3) is 5.65 Å². The summed E-state index contributed by atoms with van der Waals surface area (Å²) in [7, 11) is 0. The Morgan fingerprint density at radius 1 is 1.20 bits per heavy atom. The number of nitrogens with one attached hydrogen (secondary N) is 2. The molecular weight excluding hydrogens is 380 g/mol. The van der Waals surface area contributed by atoms with Crippen LogP contribution in [0.15, 0.2) is 30.5 Å². The summed E-state index contributed by atoms with van der Waals surface area (Å²) in [6.45, 7) is 10.6. The quantitative estimate of drug-likeness (QED) is 0.589. The molecule has 1 atom stereocenters. The maximum atomic E-state index is 6.07. The van der Waals surface area contributed by atoms with Gasteiger partial charge in [-0.2, -0.15) is 19.6 Å². The van der Waals surface area contributed by atoms with Crippen LogP contribution in [0.1, 0.15) is 51.2 Å². The standard InChI is InChI=1S/C22H30N6O2/c1-14(2)18-13-25-28-20(18)26-22(30-17-9-10-23-12-17)27-21(28)24-11-16-7-5-6-8-19(16)29-15(3)4/h5-8,13-15,17,23H,9-12H2,1-4H3,(H,24,26,27). The molecule has 0 spiro atoms. The third kappa shape index (κ3) is 4.48. The first kappa shape index (κ1) is 20.4. The molecule has 0 aliphatic carbocycles. The first-order chi connectivity index (χ1) is 14.5. The van der Waals surface area contributed by atoms with E-state index in [4.69, 9.17) is 9.47 Å². The number of hydrogen-bond acceptors (Lipinski definition) is 7. The third-order valence-electron chi connectivity index (χ3n) is 5.06. The van der Waals surface area contributed by atoms with E-state index in [2.05, 4.69) is 39.5 Å². The fourth-order valence-electron chi connectivity index (χ4n) is 3.52. The first-order valence-electron chi connectivity index (χ1n) is 10.6. The molecule has 1 aromatic carbocycles. The minimum atomic E-state index is 0.0888. The molecule has 4 rings (SSSR count). The number of para-hydroxylation sites is 1. The molecular formula is C22H30N6O2. The van der Waals surface area contributed by atoms with Gasteiger partial charge in [0.1, 0.15) is 11.9 Å². The number of fused-ring (bicyclic) bond motifs is 1. The summed E-state index contributed by atoms with van der Waals surface area (Å²) in [5.41, 5.74) is 2.89. The van der Waals surface area contributed by atoms with Crippen molar-refractivity contribution in [3.8, 4) is 11.8 Å². The van der Waals surface area contributed by atoms with Gasteiger partial charge in [-0.25, -0.2) is 0 Å². The van der Waals surface area contributed by atoms with E-state index >= 15 is 0 Å². The highest BCUT2D eigenvalue weighted by molar-refractivity contribution is 5.53. The molecule has 0 saturated carbocycles. The fraction of sp³-hybridized carbons (Fsp3) is 0.500. The van der Waals surface area contributed by atoms with Gasteiger partial charge in [0, 0.05) is 24.2 Å². The van der Waals surface area contributed by atoms with Crippen molar-refractivity contribution in [2.75, 3.05) is 18.4 Å². The summed E-state index contributed by atoms with van der Waals surface area (Å²) in [6, 6.07) is 8.40. The Hall–Kier alpha value is -2.87. The van der Waals surface area contributed by atoms with Crippen LogP contribution in [0.2, 0.25) is 0 Å². The number of ether oxygens (including phenoxy) is 2. The lowest BCUT2D eigenvalue weighted by atomic mass is 10.1. The zero-order chi connectivity index (χ0) is 21.1. The van der Waals surface area contributed by atoms with Crippen molar-refractivity contribution < 1.29 is 9.47 Å². The SMILES string of the molecule is CC(C)Oc1ccccc1CNc1nc(OC2CCNC2)nc2c(C(C)C)cnn12. The average molecular weight is 411 g/mol. The summed E-state index contributed by atoms with van der Waals surface area (Å²) in [4.78, 5) is 9.30. The van der Waals surface area contributed by atoms with Crippen molar-refractivity contribution in [3.63, 3.8) is 0 Å². The molecule has 1 fully saturated rings. The number of rotatable bonds is 8. The maximum absolute atomic E-state index is 6.07. The van der Waals surface area contributed by atoms with Gasteiger partial charge in [-0.05, 0) is 38.8 Å². The van der Waals surface area contributed by atoms with E-state index in [0.717, 1.165) is 42.0 Å². The third-order valence-corrected chi connectivity index (χ3v) is 5.06. The molecule has 1 saturated heterocycles. The monoisotopic (exact) mass is 410 g/mol. The number of benzene rings is 1. The average Bonchev–Trinajstić information content (AvgIpc) is 3.36. The Balaban J connectivity index is 1.64. The van der Waals surface area contributed by atoms with Crippen molar-refractivity contribution in [1.82, 2.24) is 24.9 Å². The maximum Gasteiger partial charge on any atom is 0.322 e. The van der Waals surface area contributed by atoms with Gasteiger partial charge in [-0.3, -0.25) is 0 Å². The Kier molecular flexibility index (Phi) is 6.03. The second kappa shape index (κ2) is 8.87. The minimum Gasteiger partial charge on any atom is -0.491 e. The predicted molar refractivity (Wildman–Crippen MR) is 116 cm³/mol. The molecule has 30 heavy (non-hydrogen) atoms. The van der Waals surface area contributed by atoms with Gasteiger partial charge in [0.15, 0.2) is 5.65 Å². The van der Waals surface area contributed by atoms with Crippen LogP contribution in [0.3, 0.4) is 0 Å². The lowest BCUT2D eigenvalue weighted by Crippen LogP contribution is -2.21. The van der Waals surface area contributed by atoms with E-state index in [1.54, 1.807) is 4.52 Å². The van der Waals surface area contributed by atoms with Crippen molar-refractivity contribution in [3.05, 3.63) is 41.6 Å². The molecule has 160 valence electrons. The lowest BCUT2D eigenvalue weighted by Gasteiger charge is -2.16. The molecule has 1 unspecified atom stereocenters. The molecule has 3 heterocycles. The van der Waals surface area contributed by atoms with Gasteiger partial charge in [0.2, 0.25) is 5.95 Å². The Labute approximate surface area is 177 Å². The number of hydrogen-bond donors (Lipinski definition) is 2. The lowest BCUT2D eigenvalue weighted by molar-refractivity contribution is 0.204. The largest absolute Gasteiger partial charge is 0.491 e. The molecule has 8 heteroatoms. The van der Waals surface area contributed by atoms with Crippen molar-refractivity contribution >= 4 is 11.6 Å². The van der Waals surface area contributed by atoms with E-state index in [1.807, 2.05) is 44.3 Å². The fourth-order valence-corrected chi connectivity index (χ4v) is 3.52. The zero-order valence-corrected chi connectivity index (χ0v) is 18.1. The Morgan fingerprint density at radius 3 is 2.77 bits per heavy atom. The first-order valence-corrected chi connectivity index (χ1v) is 10.6. The van der Waals surface area contributed by atoms with Gasteiger partial charge in [0.25, 0.3) is 0 Å². The molecule has 0 bridgehead atoms. The summed E-state index contributed by atoms with van der Waals surface area (Å²) >= 11 is 0. The topological polar surface area (TPSA) is 85.6 Å². The molecule has 0 radical (unpaired) electrons. The van der Waals surface area contributed by atoms with Crippen LogP contribution in [0.4, 0.5) is 5.95 Å². The van der Waals surface area contributed by atoms with Gasteiger partial charge < -0.3 is 20.1 Å². The van der Waals surface area contributed by atoms with Gasteiger partial charge in [-0.1, -0.05) is 32.0 Å². The highest BCUT2D eigenvalue weighted by Crippen LogP contribution is 2.25. The van der Waals surface area contributed by atoms with E-state index in [-0.39, 0.29) is 12.2 Å². The Bertz CT molecular complexity index is 994. The van der Waals surface area contributed by atoms with Crippen LogP contribution in [-0.2, 0) is 6.54 Å². The van der Waals surface area contributed by atoms with Gasteiger partial charge in [-0.15, -0.1) is 0 Å². The van der Waals surface area contributed by atoms with Crippen LogP contribution >= 0.6 is 0 Å². The summed E-state index contributed by atoms with van der Waals surface area (Å²) in [5.74, 6) is 1.76. The van der Waals surface area contributed by atoms with Gasteiger partial charge in [0.05, 0.1) is 12.3 Å². The van der Waals surface area contributed by atoms with E-state index in [9.17, 15) is 0 Å². The molecule has 3 aromatic rings. The van der Waals surface area contributed by atoms with Crippen molar-refractivity contribution in [2.24, 2.45) is 0 Å². The summed E-state index contributed by atoms with van der Waals surface area (Å²) in [6.07, 6.45) is 3.01.